The molecular formula is C21H22N2O4. The van der Waals surface area contributed by atoms with Crippen LogP contribution in [0.2, 0.25) is 0 Å². The molecular weight excluding hydrogens is 344 g/mol. The number of nitrogens with one attached hydrogen (secondary N) is 1. The van der Waals surface area contributed by atoms with E-state index in [9.17, 15) is 4.79 Å². The van der Waals surface area contributed by atoms with Gasteiger partial charge in [-0.05, 0) is 56.7 Å². The van der Waals surface area contributed by atoms with E-state index in [1.807, 2.05) is 32.0 Å². The van der Waals surface area contributed by atoms with Crippen molar-refractivity contribution in [2.75, 3.05) is 13.2 Å². The predicted molar refractivity (Wildman–Crippen MR) is 99.8 cm³/mol. The number of hydrogen-bond acceptors (Lipinski definition) is 5. The van der Waals surface area contributed by atoms with Gasteiger partial charge in [0.15, 0.2) is 17.6 Å². The van der Waals surface area contributed by atoms with Crippen molar-refractivity contribution in [1.29, 1.82) is 5.26 Å². The molecule has 6 heteroatoms. The monoisotopic (exact) mass is 366 g/mol. The second-order valence-corrected chi connectivity index (χ2v) is 6.87. The lowest BCUT2D eigenvalue weighted by Crippen LogP contribution is -2.46. The van der Waals surface area contributed by atoms with Crippen molar-refractivity contribution >= 4 is 5.91 Å². The van der Waals surface area contributed by atoms with E-state index in [4.69, 9.17) is 19.5 Å². The molecule has 27 heavy (non-hydrogen) atoms. The lowest BCUT2D eigenvalue weighted by molar-refractivity contribution is -0.129. The van der Waals surface area contributed by atoms with Gasteiger partial charge in [0.2, 0.25) is 0 Å². The Bertz CT molecular complexity index is 886. The van der Waals surface area contributed by atoms with Crippen molar-refractivity contribution < 1.29 is 19.0 Å². The first kappa shape index (κ1) is 18.6. The molecule has 2 aromatic rings. The van der Waals surface area contributed by atoms with Crippen LogP contribution in [0.15, 0.2) is 42.5 Å². The summed E-state index contributed by atoms with van der Waals surface area (Å²) in [6.45, 7) is 6.55. The van der Waals surface area contributed by atoms with Crippen LogP contribution >= 0.6 is 0 Å². The van der Waals surface area contributed by atoms with Gasteiger partial charge in [0.25, 0.3) is 5.91 Å². The SMILES string of the molecule is CC(Oc1cccc(C#N)c1)C(=O)NC(C)(C)c1ccc2c(c1)OCCO2. The van der Waals surface area contributed by atoms with Crippen LogP contribution in [0.3, 0.4) is 0 Å². The Kier molecular flexibility index (Phi) is 5.22. The molecule has 1 aliphatic rings. The van der Waals surface area contributed by atoms with Gasteiger partial charge in [-0.25, -0.2) is 0 Å². The van der Waals surface area contributed by atoms with Crippen LogP contribution in [-0.2, 0) is 10.3 Å². The fourth-order valence-corrected chi connectivity index (χ4v) is 2.81. The summed E-state index contributed by atoms with van der Waals surface area (Å²) in [7, 11) is 0. The first-order valence-electron chi connectivity index (χ1n) is 8.78. The second-order valence-electron chi connectivity index (χ2n) is 6.87. The highest BCUT2D eigenvalue weighted by Gasteiger charge is 2.28. The minimum Gasteiger partial charge on any atom is -0.486 e. The Balaban J connectivity index is 1.69. The fraction of sp³-hybridized carbons (Fsp3) is 0.333. The van der Waals surface area contributed by atoms with Crippen molar-refractivity contribution in [2.24, 2.45) is 0 Å². The van der Waals surface area contributed by atoms with E-state index >= 15 is 0 Å². The molecule has 0 bridgehead atoms. The molecule has 3 rings (SSSR count). The third-order valence-electron chi connectivity index (χ3n) is 4.34. The number of carbonyl (C=O) groups is 1. The Morgan fingerprint density at radius 2 is 1.93 bits per heavy atom. The number of ether oxygens (including phenoxy) is 3. The molecule has 1 heterocycles. The summed E-state index contributed by atoms with van der Waals surface area (Å²) in [6.07, 6.45) is -0.713. The molecule has 0 spiro atoms. The van der Waals surface area contributed by atoms with E-state index < -0.39 is 11.6 Å². The van der Waals surface area contributed by atoms with E-state index in [1.165, 1.54) is 0 Å². The van der Waals surface area contributed by atoms with E-state index in [2.05, 4.69) is 11.4 Å². The fourth-order valence-electron chi connectivity index (χ4n) is 2.81. The van der Waals surface area contributed by atoms with Gasteiger partial charge in [-0.1, -0.05) is 12.1 Å². The largest absolute Gasteiger partial charge is 0.486 e. The topological polar surface area (TPSA) is 80.6 Å². The first-order valence-corrected chi connectivity index (χ1v) is 8.78. The standard InChI is InChI=1S/C21H22N2O4/c1-14(27-17-6-4-5-15(11-17)13-22)20(24)23-21(2,3)16-7-8-18-19(12-16)26-10-9-25-18/h4-8,11-12,14H,9-10H2,1-3H3,(H,23,24). The highest BCUT2D eigenvalue weighted by molar-refractivity contribution is 5.81. The summed E-state index contributed by atoms with van der Waals surface area (Å²) >= 11 is 0. The van der Waals surface area contributed by atoms with Crippen LogP contribution in [0.4, 0.5) is 0 Å². The summed E-state index contributed by atoms with van der Waals surface area (Å²) in [5.74, 6) is 1.62. The Morgan fingerprint density at radius 3 is 2.67 bits per heavy atom. The van der Waals surface area contributed by atoms with Gasteiger partial charge in [-0.15, -0.1) is 0 Å². The number of amides is 1. The highest BCUT2D eigenvalue weighted by atomic mass is 16.6. The molecule has 2 aromatic carbocycles. The Labute approximate surface area is 158 Å². The number of nitriles is 1. The van der Waals surface area contributed by atoms with E-state index in [0.717, 1.165) is 5.56 Å². The van der Waals surface area contributed by atoms with Crippen molar-refractivity contribution in [3.8, 4) is 23.3 Å². The average Bonchev–Trinajstić information content (AvgIpc) is 2.67. The predicted octanol–water partition coefficient (Wildman–Crippen LogP) is 3.15. The summed E-state index contributed by atoms with van der Waals surface area (Å²) in [4.78, 5) is 12.6. The normalized spacial score (nSPS) is 14.0. The maximum absolute atomic E-state index is 12.6. The van der Waals surface area contributed by atoms with Crippen molar-refractivity contribution in [1.82, 2.24) is 5.32 Å². The van der Waals surface area contributed by atoms with Crippen molar-refractivity contribution in [3.63, 3.8) is 0 Å². The van der Waals surface area contributed by atoms with Crippen molar-refractivity contribution in [3.05, 3.63) is 53.6 Å². The molecule has 1 N–H and O–H groups in total. The number of benzene rings is 2. The zero-order valence-corrected chi connectivity index (χ0v) is 15.6. The van der Waals surface area contributed by atoms with Gasteiger partial charge in [-0.3, -0.25) is 4.79 Å². The van der Waals surface area contributed by atoms with Crippen LogP contribution in [0.1, 0.15) is 31.9 Å². The van der Waals surface area contributed by atoms with Crippen LogP contribution in [0, 0.1) is 11.3 Å². The Hall–Kier alpha value is -3.20. The Morgan fingerprint density at radius 1 is 1.19 bits per heavy atom. The summed E-state index contributed by atoms with van der Waals surface area (Å²) in [5, 5.41) is 12.0. The molecule has 0 fully saturated rings. The number of hydrogen-bond donors (Lipinski definition) is 1. The molecule has 1 amide bonds. The van der Waals surface area contributed by atoms with Crippen LogP contribution in [0.5, 0.6) is 17.2 Å². The maximum Gasteiger partial charge on any atom is 0.261 e. The average molecular weight is 366 g/mol. The minimum atomic E-state index is -0.713. The van der Waals surface area contributed by atoms with Crippen LogP contribution in [-0.4, -0.2) is 25.2 Å². The molecule has 1 aliphatic heterocycles. The quantitative estimate of drug-likeness (QED) is 0.879. The van der Waals surface area contributed by atoms with Gasteiger partial charge in [-0.2, -0.15) is 5.26 Å². The molecule has 0 saturated carbocycles. The molecule has 0 radical (unpaired) electrons. The zero-order valence-electron chi connectivity index (χ0n) is 15.6. The lowest BCUT2D eigenvalue weighted by Gasteiger charge is -2.30. The summed E-state index contributed by atoms with van der Waals surface area (Å²) < 4.78 is 16.8. The van der Waals surface area contributed by atoms with Crippen LogP contribution < -0.4 is 19.5 Å². The van der Waals surface area contributed by atoms with E-state index in [-0.39, 0.29) is 5.91 Å². The third kappa shape index (κ3) is 4.32. The molecule has 1 atom stereocenters. The highest BCUT2D eigenvalue weighted by Crippen LogP contribution is 2.34. The number of rotatable bonds is 5. The van der Waals surface area contributed by atoms with E-state index in [1.54, 1.807) is 31.2 Å². The molecule has 0 aliphatic carbocycles. The van der Waals surface area contributed by atoms with Gasteiger partial charge < -0.3 is 19.5 Å². The number of nitrogens with zero attached hydrogens (tertiary/aromatic N) is 1. The van der Waals surface area contributed by atoms with Crippen LogP contribution in [0.25, 0.3) is 0 Å². The van der Waals surface area contributed by atoms with E-state index in [0.29, 0.717) is 36.0 Å². The zero-order chi connectivity index (χ0) is 19.4. The molecule has 0 aromatic heterocycles. The van der Waals surface area contributed by atoms with Gasteiger partial charge in [0, 0.05) is 0 Å². The maximum atomic E-state index is 12.6. The smallest absolute Gasteiger partial charge is 0.261 e. The molecule has 0 saturated heterocycles. The third-order valence-corrected chi connectivity index (χ3v) is 4.34. The van der Waals surface area contributed by atoms with Gasteiger partial charge >= 0.3 is 0 Å². The number of fused-ring (bicyclic) bond motifs is 1. The lowest BCUT2D eigenvalue weighted by atomic mass is 9.93. The summed E-state index contributed by atoms with van der Waals surface area (Å²) in [5.41, 5.74) is 0.759. The number of carbonyl (C=O) groups excluding carboxylic acids is 1. The summed E-state index contributed by atoms with van der Waals surface area (Å²) in [6, 6.07) is 14.4. The minimum absolute atomic E-state index is 0.253. The molecule has 1 unspecified atom stereocenters. The molecule has 6 nitrogen and oxygen atoms in total. The van der Waals surface area contributed by atoms with Gasteiger partial charge in [0.05, 0.1) is 17.2 Å². The second kappa shape index (κ2) is 7.58. The van der Waals surface area contributed by atoms with Gasteiger partial charge in [0.1, 0.15) is 19.0 Å². The van der Waals surface area contributed by atoms with Crippen molar-refractivity contribution in [2.45, 2.75) is 32.4 Å². The first-order chi connectivity index (χ1) is 12.9. The molecule has 140 valence electrons.